The number of aromatic nitrogens is 5. The number of ether oxygens (including phenoxy) is 2. The Kier molecular flexibility index (Phi) is 11.0. The first-order valence-corrected chi connectivity index (χ1v) is 19.4. The van der Waals surface area contributed by atoms with Crippen LogP contribution in [0, 0.1) is 11.8 Å². The smallest absolute Gasteiger partial charge is 0.407 e. The van der Waals surface area contributed by atoms with Gasteiger partial charge in [-0.05, 0) is 61.8 Å². The molecule has 0 spiro atoms. The van der Waals surface area contributed by atoms with Gasteiger partial charge in [0, 0.05) is 40.5 Å². The molecule has 2 aromatic carbocycles. The minimum Gasteiger partial charge on any atom is -0.453 e. The van der Waals surface area contributed by atoms with Gasteiger partial charge >= 0.3 is 12.2 Å². The van der Waals surface area contributed by atoms with Crippen molar-refractivity contribution in [3.05, 3.63) is 70.7 Å². The molecule has 7 rings (SSSR count). The number of benzene rings is 2. The van der Waals surface area contributed by atoms with Crippen LogP contribution in [0.1, 0.15) is 77.1 Å². The predicted octanol–water partition coefficient (Wildman–Crippen LogP) is 5.55. The molecule has 57 heavy (non-hydrogen) atoms. The van der Waals surface area contributed by atoms with Gasteiger partial charge in [0.1, 0.15) is 23.7 Å². The van der Waals surface area contributed by atoms with Gasteiger partial charge in [0.05, 0.1) is 55.6 Å². The summed E-state index contributed by atoms with van der Waals surface area (Å²) in [5, 5.41) is 6.40. The lowest BCUT2D eigenvalue weighted by Crippen LogP contribution is -2.51. The highest BCUT2D eigenvalue weighted by atomic mass is 16.5. The number of carbonyl (C=O) groups excluding carboxylic acids is 4. The lowest BCUT2D eigenvalue weighted by Gasteiger charge is -2.30. The molecule has 5 aromatic rings. The number of carbonyl (C=O) groups is 4. The minimum absolute atomic E-state index is 0.122. The Labute approximate surface area is 329 Å². The molecule has 4 atom stereocenters. The largest absolute Gasteiger partial charge is 0.453 e. The Morgan fingerprint density at radius 1 is 0.684 bits per heavy atom. The van der Waals surface area contributed by atoms with E-state index in [1.807, 2.05) is 58.0 Å². The summed E-state index contributed by atoms with van der Waals surface area (Å²) in [4.78, 5) is 88.1. The number of likely N-dealkylation sites (tertiary alicyclic amines) is 2. The number of aromatic amines is 3. The maximum atomic E-state index is 13.9. The first-order chi connectivity index (χ1) is 27.4. The fourth-order valence-corrected chi connectivity index (χ4v) is 8.00. The van der Waals surface area contributed by atoms with E-state index in [-0.39, 0.29) is 41.2 Å². The fourth-order valence-electron chi connectivity index (χ4n) is 8.00. The molecule has 2 aliphatic rings. The average Bonchev–Trinajstić information content (AvgIpc) is 4.05. The number of hydrogen-bond donors (Lipinski definition) is 5. The molecular weight excluding hydrogens is 731 g/mol. The van der Waals surface area contributed by atoms with Gasteiger partial charge in [-0.15, -0.1) is 0 Å². The lowest BCUT2D eigenvalue weighted by atomic mass is 10.0. The van der Waals surface area contributed by atoms with Crippen molar-refractivity contribution < 1.29 is 28.7 Å². The number of fused-ring (bicyclic) bond motifs is 2. The van der Waals surface area contributed by atoms with Crippen LogP contribution in [-0.4, -0.2) is 98.1 Å². The van der Waals surface area contributed by atoms with Crippen molar-refractivity contribution in [1.82, 2.24) is 45.4 Å². The first-order valence-electron chi connectivity index (χ1n) is 19.4. The molecule has 16 heteroatoms. The van der Waals surface area contributed by atoms with Crippen LogP contribution in [0.5, 0.6) is 0 Å². The van der Waals surface area contributed by atoms with E-state index in [4.69, 9.17) is 9.47 Å². The molecule has 2 fully saturated rings. The Morgan fingerprint density at radius 3 is 1.67 bits per heavy atom. The molecule has 0 unspecified atom stereocenters. The van der Waals surface area contributed by atoms with Crippen LogP contribution < -0.4 is 16.1 Å². The van der Waals surface area contributed by atoms with Crippen molar-refractivity contribution in [2.75, 3.05) is 27.3 Å². The van der Waals surface area contributed by atoms with Crippen molar-refractivity contribution in [2.45, 2.75) is 77.5 Å². The van der Waals surface area contributed by atoms with Crippen LogP contribution in [0.15, 0.2) is 53.6 Å². The van der Waals surface area contributed by atoms with Gasteiger partial charge in [0.2, 0.25) is 11.8 Å². The summed E-state index contributed by atoms with van der Waals surface area (Å²) < 4.78 is 9.50. The molecule has 2 saturated heterocycles. The Balaban J connectivity index is 1.10. The molecular formula is C41H49N9O7. The lowest BCUT2D eigenvalue weighted by molar-refractivity contribution is -0.136. The molecule has 3 aromatic heterocycles. The SMILES string of the molecule is COC(=O)N[C@H](C(=O)N1CCC[C@H]1c1ncc(-c2ccc3c(=O)c4cc(-c5cnc([C@@H]6CCCN6C(=O)[C@@H](NC(=O)OC)C(C)C)[nH]5)ccc4[nH]c3c2)[nH]1)C(C)C. The van der Waals surface area contributed by atoms with E-state index in [9.17, 15) is 24.0 Å². The predicted molar refractivity (Wildman–Crippen MR) is 213 cm³/mol. The number of alkyl carbamates (subject to hydrolysis) is 2. The third-order valence-corrected chi connectivity index (χ3v) is 11.1. The standard InChI is InChI=1S/C41H49N9O7/c1-21(2)33(47-40(54)56-5)38(52)49-15-7-9-31(49)36-42-19-29(45-36)23-12-14-27-26(17-23)35(51)25-13-11-24(18-28(25)44-27)30-20-43-37(46-30)32-10-8-16-50(32)39(53)34(22(3)4)48-41(55)57-6/h11-14,17-22,31-34H,7-10,15-16H2,1-6H3,(H,42,45)(H,43,46)(H,44,51)(H,47,54)(H,48,55)/t31-,32-,33-,34-/m0/s1. The Hall–Kier alpha value is -6.19. The number of rotatable bonds is 10. The minimum atomic E-state index is -0.732. The molecule has 0 bridgehead atoms. The van der Waals surface area contributed by atoms with Crippen LogP contribution in [0.3, 0.4) is 0 Å². The maximum absolute atomic E-state index is 13.9. The summed E-state index contributed by atoms with van der Waals surface area (Å²) in [7, 11) is 2.54. The highest BCUT2D eigenvalue weighted by molar-refractivity contribution is 5.96. The number of methoxy groups -OCH3 is 2. The molecule has 4 amide bonds. The zero-order valence-corrected chi connectivity index (χ0v) is 33.0. The molecule has 0 aliphatic carbocycles. The van der Waals surface area contributed by atoms with Crippen molar-refractivity contribution in [1.29, 1.82) is 0 Å². The molecule has 5 N–H and O–H groups in total. The van der Waals surface area contributed by atoms with Crippen LogP contribution in [0.4, 0.5) is 9.59 Å². The number of nitrogens with zero attached hydrogens (tertiary/aromatic N) is 4. The molecule has 0 saturated carbocycles. The van der Waals surface area contributed by atoms with E-state index in [0.29, 0.717) is 52.2 Å². The van der Waals surface area contributed by atoms with Crippen molar-refractivity contribution in [2.24, 2.45) is 11.8 Å². The number of pyridine rings is 1. The van der Waals surface area contributed by atoms with Gasteiger partial charge in [-0.1, -0.05) is 39.8 Å². The zero-order valence-electron chi connectivity index (χ0n) is 33.0. The number of hydrogen-bond acceptors (Lipinski definition) is 9. The monoisotopic (exact) mass is 779 g/mol. The van der Waals surface area contributed by atoms with Gasteiger partial charge in [-0.2, -0.15) is 0 Å². The van der Waals surface area contributed by atoms with Crippen LogP contribution >= 0.6 is 0 Å². The van der Waals surface area contributed by atoms with Crippen molar-refractivity contribution >= 4 is 45.8 Å². The van der Waals surface area contributed by atoms with Crippen molar-refractivity contribution in [3.8, 4) is 22.5 Å². The van der Waals surface area contributed by atoms with E-state index in [1.165, 1.54) is 14.2 Å². The zero-order chi connectivity index (χ0) is 40.5. The maximum Gasteiger partial charge on any atom is 0.407 e. The molecule has 16 nitrogen and oxygen atoms in total. The van der Waals surface area contributed by atoms with Crippen LogP contribution in [0.25, 0.3) is 44.3 Å². The highest BCUT2D eigenvalue weighted by Gasteiger charge is 2.39. The van der Waals surface area contributed by atoms with Gasteiger partial charge in [-0.25, -0.2) is 19.6 Å². The quantitative estimate of drug-likeness (QED) is 0.113. The Bertz CT molecular complexity index is 2380. The number of nitrogens with one attached hydrogen (secondary N) is 5. The average molecular weight is 780 g/mol. The van der Waals surface area contributed by atoms with E-state index in [1.54, 1.807) is 28.3 Å². The van der Waals surface area contributed by atoms with E-state index in [2.05, 4.69) is 35.6 Å². The summed E-state index contributed by atoms with van der Waals surface area (Å²) in [6, 6.07) is 9.19. The van der Waals surface area contributed by atoms with Gasteiger partial charge in [-0.3, -0.25) is 14.4 Å². The van der Waals surface area contributed by atoms with Crippen molar-refractivity contribution in [3.63, 3.8) is 0 Å². The summed E-state index contributed by atoms with van der Waals surface area (Å²) in [6.45, 7) is 8.61. The fraction of sp³-hybridized carbons (Fsp3) is 0.439. The topological polar surface area (TPSA) is 207 Å². The van der Waals surface area contributed by atoms with Gasteiger partial charge in [0.15, 0.2) is 5.43 Å². The summed E-state index contributed by atoms with van der Waals surface area (Å²) >= 11 is 0. The third kappa shape index (κ3) is 7.67. The number of imidazole rings is 2. The Morgan fingerprint density at radius 2 is 1.18 bits per heavy atom. The second-order valence-electron chi connectivity index (χ2n) is 15.4. The summed E-state index contributed by atoms with van der Waals surface area (Å²) in [5.74, 6) is 0.647. The summed E-state index contributed by atoms with van der Waals surface area (Å²) in [6.07, 6.45) is 5.20. The molecule has 2 aliphatic heterocycles. The summed E-state index contributed by atoms with van der Waals surface area (Å²) in [5.41, 5.74) is 4.26. The van der Waals surface area contributed by atoms with Gasteiger partial charge < -0.3 is 44.9 Å². The van der Waals surface area contributed by atoms with E-state index >= 15 is 0 Å². The van der Waals surface area contributed by atoms with Crippen LogP contribution in [-0.2, 0) is 19.1 Å². The number of H-pyrrole nitrogens is 3. The molecule has 5 heterocycles. The van der Waals surface area contributed by atoms with Crippen LogP contribution in [0.2, 0.25) is 0 Å². The van der Waals surface area contributed by atoms with E-state index < -0.39 is 24.3 Å². The first kappa shape index (κ1) is 39.1. The molecule has 0 radical (unpaired) electrons. The van der Waals surface area contributed by atoms with Gasteiger partial charge in [0.25, 0.3) is 0 Å². The molecule has 300 valence electrons. The normalized spacial score (nSPS) is 18.0. The second-order valence-corrected chi connectivity index (χ2v) is 15.4. The highest BCUT2D eigenvalue weighted by Crippen LogP contribution is 2.35. The number of amides is 4. The van der Waals surface area contributed by atoms with E-state index in [0.717, 1.165) is 42.5 Å². The third-order valence-electron chi connectivity index (χ3n) is 11.1. The second kappa shape index (κ2) is 16.1.